The van der Waals surface area contributed by atoms with Gasteiger partial charge in [-0.15, -0.1) is 0 Å². The molecule has 0 saturated carbocycles. The van der Waals surface area contributed by atoms with Gasteiger partial charge >= 0.3 is 5.69 Å². The third-order valence-corrected chi connectivity index (χ3v) is 2.20. The Morgan fingerprint density at radius 2 is 2.06 bits per heavy atom. The van der Waals surface area contributed by atoms with Gasteiger partial charge in [0.2, 0.25) is 0 Å². The van der Waals surface area contributed by atoms with E-state index in [4.69, 9.17) is 5.73 Å². The predicted octanol–water partition coefficient (Wildman–Crippen LogP) is -0.349. The third kappa shape index (κ3) is 1.60. The van der Waals surface area contributed by atoms with Crippen molar-refractivity contribution in [2.45, 2.75) is 20.4 Å². The Hall–Kier alpha value is -2.05. The molecule has 0 atom stereocenters. The molecule has 0 spiro atoms. The number of nitrogens with zero attached hydrogens (tertiary/aromatic N) is 2. The molecule has 0 bridgehead atoms. The third-order valence-electron chi connectivity index (χ3n) is 2.20. The Kier molecular flexibility index (Phi) is 2.30. The second-order valence-electron chi connectivity index (χ2n) is 4.08. The smallest absolute Gasteiger partial charge is 0.330 e. The van der Waals surface area contributed by atoms with E-state index in [1.165, 1.54) is 4.57 Å². The molecule has 0 saturated heterocycles. The number of hydrogen-bond acceptors (Lipinski definition) is 4. The van der Waals surface area contributed by atoms with E-state index < -0.39 is 11.2 Å². The molecule has 0 unspecified atom stereocenters. The van der Waals surface area contributed by atoms with Crippen molar-refractivity contribution in [3.05, 3.63) is 20.8 Å². The number of aromatic amines is 2. The molecule has 0 aliphatic heterocycles. The lowest BCUT2D eigenvalue weighted by Crippen LogP contribution is -2.31. The normalized spacial score (nSPS) is 11.4. The monoisotopic (exact) mass is 223 g/mol. The Bertz CT molecular complexity index is 633. The standard InChI is InChI=1S/C9H13N5O2/c1-4(2)3-14-6-5(11-8(10)12-6)7(15)13-9(14)16/h4H,3H2,1-2H3,(H3,10,11,12)(H,13,15,16). The Balaban J connectivity index is 2.81. The van der Waals surface area contributed by atoms with E-state index in [9.17, 15) is 9.59 Å². The van der Waals surface area contributed by atoms with Crippen LogP contribution in [0.4, 0.5) is 5.95 Å². The van der Waals surface area contributed by atoms with Crippen LogP contribution in [0.15, 0.2) is 9.59 Å². The van der Waals surface area contributed by atoms with E-state index in [0.29, 0.717) is 12.2 Å². The molecule has 7 heteroatoms. The summed E-state index contributed by atoms with van der Waals surface area (Å²) in [5, 5.41) is 0. The molecule has 0 radical (unpaired) electrons. The summed E-state index contributed by atoms with van der Waals surface area (Å²) in [4.78, 5) is 31.9. The van der Waals surface area contributed by atoms with Crippen LogP contribution in [0.5, 0.6) is 0 Å². The van der Waals surface area contributed by atoms with E-state index in [1.54, 1.807) is 0 Å². The van der Waals surface area contributed by atoms with Crippen molar-refractivity contribution in [3.63, 3.8) is 0 Å². The molecule has 7 nitrogen and oxygen atoms in total. The molecule has 2 rings (SSSR count). The highest BCUT2D eigenvalue weighted by Gasteiger charge is 2.12. The lowest BCUT2D eigenvalue weighted by molar-refractivity contribution is 0.513. The van der Waals surface area contributed by atoms with Crippen LogP contribution in [0.25, 0.3) is 11.2 Å². The Morgan fingerprint density at radius 1 is 1.38 bits per heavy atom. The summed E-state index contributed by atoms with van der Waals surface area (Å²) in [6, 6.07) is 0. The van der Waals surface area contributed by atoms with Crippen LogP contribution in [0.2, 0.25) is 0 Å². The van der Waals surface area contributed by atoms with Crippen LogP contribution in [0.1, 0.15) is 13.8 Å². The summed E-state index contributed by atoms with van der Waals surface area (Å²) in [6.07, 6.45) is 0. The zero-order valence-electron chi connectivity index (χ0n) is 9.07. The SMILES string of the molecule is CC(C)Cn1c(=O)[nH]c(=O)c2[nH]c(N)nc21. The second kappa shape index (κ2) is 3.51. The highest BCUT2D eigenvalue weighted by molar-refractivity contribution is 5.71. The first-order chi connectivity index (χ1) is 7.49. The quantitative estimate of drug-likeness (QED) is 0.646. The number of imidazole rings is 1. The number of aromatic nitrogens is 4. The molecule has 2 aromatic rings. The van der Waals surface area contributed by atoms with Crippen LogP contribution in [0.3, 0.4) is 0 Å². The lowest BCUT2D eigenvalue weighted by atomic mass is 10.2. The van der Waals surface area contributed by atoms with Gasteiger partial charge in [-0.1, -0.05) is 13.8 Å². The maximum atomic E-state index is 11.6. The number of hydrogen-bond donors (Lipinski definition) is 3. The molecule has 86 valence electrons. The topological polar surface area (TPSA) is 110 Å². The van der Waals surface area contributed by atoms with Crippen molar-refractivity contribution in [2.24, 2.45) is 5.92 Å². The first-order valence-electron chi connectivity index (χ1n) is 4.97. The largest absolute Gasteiger partial charge is 0.369 e. The van der Waals surface area contributed by atoms with Gasteiger partial charge in [0.1, 0.15) is 0 Å². The number of fused-ring (bicyclic) bond motifs is 1. The number of nitrogens with one attached hydrogen (secondary N) is 2. The summed E-state index contributed by atoms with van der Waals surface area (Å²) in [5.41, 5.74) is 5.06. The second-order valence-corrected chi connectivity index (χ2v) is 4.08. The summed E-state index contributed by atoms with van der Waals surface area (Å²) in [6.45, 7) is 4.43. The first-order valence-corrected chi connectivity index (χ1v) is 4.97. The number of H-pyrrole nitrogens is 2. The summed E-state index contributed by atoms with van der Waals surface area (Å²) >= 11 is 0. The van der Waals surface area contributed by atoms with Crippen molar-refractivity contribution in [1.29, 1.82) is 0 Å². The molecule has 0 aromatic carbocycles. The van der Waals surface area contributed by atoms with Crippen molar-refractivity contribution in [2.75, 3.05) is 5.73 Å². The predicted molar refractivity (Wildman–Crippen MR) is 60.2 cm³/mol. The van der Waals surface area contributed by atoms with Gasteiger partial charge in [0.25, 0.3) is 5.56 Å². The fourth-order valence-electron chi connectivity index (χ4n) is 1.59. The average Bonchev–Trinajstić information content (AvgIpc) is 2.54. The van der Waals surface area contributed by atoms with Crippen LogP contribution in [0, 0.1) is 5.92 Å². The fourth-order valence-corrected chi connectivity index (χ4v) is 1.59. The number of nitrogens with two attached hydrogens (primary N) is 1. The van der Waals surface area contributed by atoms with E-state index in [0.717, 1.165) is 0 Å². The number of anilines is 1. The highest BCUT2D eigenvalue weighted by atomic mass is 16.2. The fraction of sp³-hybridized carbons (Fsp3) is 0.444. The van der Waals surface area contributed by atoms with Crippen molar-refractivity contribution in [3.8, 4) is 0 Å². The average molecular weight is 223 g/mol. The molecule has 16 heavy (non-hydrogen) atoms. The Labute approximate surface area is 90.3 Å². The van der Waals surface area contributed by atoms with E-state index in [2.05, 4.69) is 15.0 Å². The minimum absolute atomic E-state index is 0.128. The molecule has 2 heterocycles. The minimum atomic E-state index is -0.496. The van der Waals surface area contributed by atoms with Crippen LogP contribution in [-0.2, 0) is 6.54 Å². The molecule has 0 aliphatic rings. The van der Waals surface area contributed by atoms with Crippen LogP contribution in [-0.4, -0.2) is 19.5 Å². The van der Waals surface area contributed by atoms with Gasteiger partial charge in [-0.2, -0.15) is 4.98 Å². The van der Waals surface area contributed by atoms with Crippen LogP contribution >= 0.6 is 0 Å². The van der Waals surface area contributed by atoms with E-state index in [1.807, 2.05) is 13.8 Å². The van der Waals surface area contributed by atoms with Gasteiger partial charge < -0.3 is 10.7 Å². The summed E-state index contributed by atoms with van der Waals surface area (Å²) in [7, 11) is 0. The zero-order chi connectivity index (χ0) is 11.9. The van der Waals surface area contributed by atoms with Gasteiger partial charge in [-0.3, -0.25) is 14.3 Å². The molecule has 0 fully saturated rings. The maximum absolute atomic E-state index is 11.6. The van der Waals surface area contributed by atoms with Gasteiger partial charge in [0.15, 0.2) is 17.1 Å². The summed E-state index contributed by atoms with van der Waals surface area (Å²) in [5.74, 6) is 0.397. The number of rotatable bonds is 2. The van der Waals surface area contributed by atoms with Gasteiger partial charge in [-0.05, 0) is 5.92 Å². The van der Waals surface area contributed by atoms with E-state index in [-0.39, 0.29) is 17.4 Å². The van der Waals surface area contributed by atoms with Crippen LogP contribution < -0.4 is 17.0 Å². The zero-order valence-corrected chi connectivity index (χ0v) is 9.07. The molecule has 4 N–H and O–H groups in total. The first kappa shape index (κ1) is 10.5. The molecule has 0 amide bonds. The van der Waals surface area contributed by atoms with Crippen molar-refractivity contribution < 1.29 is 0 Å². The molecular formula is C9H13N5O2. The van der Waals surface area contributed by atoms with Gasteiger partial charge in [0.05, 0.1) is 0 Å². The lowest BCUT2D eigenvalue weighted by Gasteiger charge is -2.07. The number of nitrogen functional groups attached to an aromatic ring is 1. The van der Waals surface area contributed by atoms with Gasteiger partial charge in [-0.25, -0.2) is 4.79 Å². The van der Waals surface area contributed by atoms with Crippen molar-refractivity contribution in [1.82, 2.24) is 19.5 Å². The minimum Gasteiger partial charge on any atom is -0.369 e. The molecular weight excluding hydrogens is 210 g/mol. The Morgan fingerprint density at radius 3 is 2.69 bits per heavy atom. The molecule has 2 aromatic heterocycles. The highest BCUT2D eigenvalue weighted by Crippen LogP contribution is 2.07. The van der Waals surface area contributed by atoms with E-state index >= 15 is 0 Å². The maximum Gasteiger partial charge on any atom is 0.330 e. The van der Waals surface area contributed by atoms with Gasteiger partial charge in [0, 0.05) is 6.54 Å². The van der Waals surface area contributed by atoms with Crippen molar-refractivity contribution >= 4 is 17.1 Å². The molecule has 0 aliphatic carbocycles. The summed E-state index contributed by atoms with van der Waals surface area (Å²) < 4.78 is 1.41.